The molecule has 0 aliphatic heterocycles. The molecule has 0 N–H and O–H groups in total. The highest BCUT2D eigenvalue weighted by molar-refractivity contribution is 7.71. The van der Waals surface area contributed by atoms with E-state index in [-0.39, 0.29) is 0 Å². The maximum Gasteiger partial charge on any atom is 0.270 e. The molecule has 5 heteroatoms. The van der Waals surface area contributed by atoms with Crippen molar-refractivity contribution in [1.82, 2.24) is 9.47 Å². The lowest BCUT2D eigenvalue weighted by Gasteiger charge is -2.17. The molecule has 4 nitrogen and oxygen atoms in total. The topological polar surface area (TPSA) is 30.5 Å². The molecule has 114 valence electrons. The van der Waals surface area contributed by atoms with Crippen molar-refractivity contribution in [3.8, 4) is 5.75 Å². The van der Waals surface area contributed by atoms with Crippen LogP contribution in [0.4, 0.5) is 0 Å². The average Bonchev–Trinajstić information content (AvgIpc) is 2.84. The maximum absolute atomic E-state index is 5.61. The minimum atomic E-state index is 0.503. The van der Waals surface area contributed by atoms with E-state index in [2.05, 4.69) is 24.1 Å². The number of fused-ring (bicyclic) bond motifs is 1. The molecule has 0 bridgehead atoms. The van der Waals surface area contributed by atoms with Gasteiger partial charge in [-0.2, -0.15) is 0 Å². The lowest BCUT2D eigenvalue weighted by atomic mass is 10.2. The molecule has 1 aromatic heterocycles. The Hall–Kier alpha value is -2.11. The molecule has 0 spiro atoms. The van der Waals surface area contributed by atoms with Gasteiger partial charge in [-0.3, -0.25) is 9.47 Å². The third-order valence-corrected chi connectivity index (χ3v) is 3.87. The molecule has 0 saturated carbocycles. The molecule has 0 saturated heterocycles. The summed E-state index contributed by atoms with van der Waals surface area (Å²) in [5.74, 6) is 0.870. The van der Waals surface area contributed by atoms with E-state index in [0.29, 0.717) is 11.5 Å². The number of benzene rings is 2. The van der Waals surface area contributed by atoms with Crippen LogP contribution in [0.15, 0.2) is 52.9 Å². The van der Waals surface area contributed by atoms with Gasteiger partial charge in [0.2, 0.25) is 0 Å². The lowest BCUT2D eigenvalue weighted by Crippen LogP contribution is -2.21. The highest BCUT2D eigenvalue weighted by atomic mass is 32.1. The van der Waals surface area contributed by atoms with Crippen LogP contribution in [0, 0.1) is 4.84 Å². The molecule has 3 rings (SSSR count). The highest BCUT2D eigenvalue weighted by Crippen LogP contribution is 2.18. The Balaban J connectivity index is 1.76. The quantitative estimate of drug-likeness (QED) is 0.664. The van der Waals surface area contributed by atoms with Crippen molar-refractivity contribution < 1.29 is 9.15 Å². The zero-order valence-corrected chi connectivity index (χ0v) is 13.5. The summed E-state index contributed by atoms with van der Waals surface area (Å²) in [4.78, 5) is 2.70. The van der Waals surface area contributed by atoms with Crippen molar-refractivity contribution in [3.05, 3.63) is 58.9 Å². The zero-order chi connectivity index (χ0) is 15.5. The standard InChI is InChI=1S/C17H18N2O2S/c1-18(11-13-7-9-14(20-2)10-8-13)12-19-15-5-3-4-6-16(15)21-17(19)22/h3-10H,11-12H2,1-2H3. The number of aromatic nitrogens is 1. The van der Waals surface area contributed by atoms with Crippen LogP contribution in [0.25, 0.3) is 11.1 Å². The second kappa shape index (κ2) is 6.34. The van der Waals surface area contributed by atoms with Gasteiger partial charge in [0, 0.05) is 6.54 Å². The third-order valence-electron chi connectivity index (χ3n) is 3.57. The van der Waals surface area contributed by atoms with Crippen molar-refractivity contribution >= 4 is 23.3 Å². The van der Waals surface area contributed by atoms with Crippen molar-refractivity contribution in [2.75, 3.05) is 14.2 Å². The number of ether oxygens (including phenoxy) is 1. The molecule has 3 aromatic rings. The summed E-state index contributed by atoms with van der Waals surface area (Å²) in [6.45, 7) is 1.51. The summed E-state index contributed by atoms with van der Waals surface area (Å²) in [5.41, 5.74) is 3.07. The van der Waals surface area contributed by atoms with Gasteiger partial charge in [0.15, 0.2) is 5.58 Å². The second-order valence-electron chi connectivity index (χ2n) is 5.27. The van der Waals surface area contributed by atoms with E-state index >= 15 is 0 Å². The Kier molecular flexibility index (Phi) is 4.27. The van der Waals surface area contributed by atoms with Crippen molar-refractivity contribution in [3.63, 3.8) is 0 Å². The SMILES string of the molecule is COc1ccc(CN(C)Cn2c(=S)oc3ccccc32)cc1. The molecule has 2 aromatic carbocycles. The molecular weight excluding hydrogens is 296 g/mol. The summed E-state index contributed by atoms with van der Waals surface area (Å²) in [6.07, 6.45) is 0. The molecule has 0 aliphatic rings. The number of rotatable bonds is 5. The van der Waals surface area contributed by atoms with Crippen LogP contribution in [0.3, 0.4) is 0 Å². The molecule has 0 unspecified atom stereocenters. The molecule has 0 amide bonds. The van der Waals surface area contributed by atoms with Gasteiger partial charge in [0.1, 0.15) is 5.75 Å². The summed E-state index contributed by atoms with van der Waals surface area (Å²) in [6, 6.07) is 16.0. The van der Waals surface area contributed by atoms with E-state index in [4.69, 9.17) is 21.4 Å². The van der Waals surface area contributed by atoms with Crippen molar-refractivity contribution in [2.45, 2.75) is 13.2 Å². The first-order valence-electron chi connectivity index (χ1n) is 7.07. The second-order valence-corrected chi connectivity index (χ2v) is 5.62. The molecule has 0 radical (unpaired) electrons. The normalized spacial score (nSPS) is 11.2. The Morgan fingerprint density at radius 1 is 1.14 bits per heavy atom. The lowest BCUT2D eigenvalue weighted by molar-refractivity contribution is 0.257. The minimum Gasteiger partial charge on any atom is -0.497 e. The van der Waals surface area contributed by atoms with Crippen molar-refractivity contribution in [1.29, 1.82) is 0 Å². The maximum atomic E-state index is 5.61. The third kappa shape index (κ3) is 3.05. The predicted octanol–water partition coefficient (Wildman–Crippen LogP) is 4.06. The fraction of sp³-hybridized carbons (Fsp3) is 0.235. The summed E-state index contributed by atoms with van der Waals surface area (Å²) >= 11 is 5.32. The Bertz CT molecular complexity index is 821. The zero-order valence-electron chi connectivity index (χ0n) is 12.7. The van der Waals surface area contributed by atoms with Crippen LogP contribution in [0.5, 0.6) is 5.75 Å². The Morgan fingerprint density at radius 3 is 2.59 bits per heavy atom. The molecule has 22 heavy (non-hydrogen) atoms. The van der Waals surface area contributed by atoms with Crippen LogP contribution in [-0.2, 0) is 13.2 Å². The van der Waals surface area contributed by atoms with Crippen LogP contribution in [0.1, 0.15) is 5.56 Å². The van der Waals surface area contributed by atoms with E-state index in [9.17, 15) is 0 Å². The average molecular weight is 314 g/mol. The number of hydrogen-bond donors (Lipinski definition) is 0. The van der Waals surface area contributed by atoms with Crippen LogP contribution in [0.2, 0.25) is 0 Å². The van der Waals surface area contributed by atoms with Gasteiger partial charge >= 0.3 is 0 Å². The number of nitrogens with zero attached hydrogens (tertiary/aromatic N) is 2. The molecule has 0 atom stereocenters. The van der Waals surface area contributed by atoms with Gasteiger partial charge in [-0.1, -0.05) is 24.3 Å². The largest absolute Gasteiger partial charge is 0.497 e. The van der Waals surface area contributed by atoms with Crippen LogP contribution < -0.4 is 4.74 Å². The fourth-order valence-electron chi connectivity index (χ4n) is 2.48. The smallest absolute Gasteiger partial charge is 0.270 e. The van der Waals surface area contributed by atoms with Gasteiger partial charge in [-0.25, -0.2) is 0 Å². The first kappa shape index (κ1) is 14.8. The molecule has 0 fully saturated rings. The van der Waals surface area contributed by atoms with Crippen LogP contribution in [-0.4, -0.2) is 23.6 Å². The van der Waals surface area contributed by atoms with Gasteiger partial charge < -0.3 is 9.15 Å². The van der Waals surface area contributed by atoms with E-state index < -0.39 is 0 Å². The Morgan fingerprint density at radius 2 is 1.86 bits per heavy atom. The van der Waals surface area contributed by atoms with Gasteiger partial charge in [0.05, 0.1) is 19.3 Å². The first-order valence-corrected chi connectivity index (χ1v) is 7.48. The molecule has 1 heterocycles. The molecule has 0 aliphatic carbocycles. The van der Waals surface area contributed by atoms with E-state index in [1.165, 1.54) is 5.56 Å². The fourth-order valence-corrected chi connectivity index (χ4v) is 2.73. The number of hydrogen-bond acceptors (Lipinski definition) is 4. The van der Waals surface area contributed by atoms with Gasteiger partial charge in [0.25, 0.3) is 4.84 Å². The van der Waals surface area contributed by atoms with E-state index in [1.54, 1.807) is 7.11 Å². The van der Waals surface area contributed by atoms with E-state index in [1.807, 2.05) is 41.0 Å². The predicted molar refractivity (Wildman–Crippen MR) is 89.5 cm³/mol. The monoisotopic (exact) mass is 314 g/mol. The Labute approximate surface area is 134 Å². The minimum absolute atomic E-state index is 0.503. The van der Waals surface area contributed by atoms with Crippen molar-refractivity contribution in [2.24, 2.45) is 0 Å². The van der Waals surface area contributed by atoms with Gasteiger partial charge in [-0.05, 0) is 49.1 Å². The number of oxazole rings is 1. The summed E-state index contributed by atoms with van der Waals surface area (Å²) < 4.78 is 12.8. The summed E-state index contributed by atoms with van der Waals surface area (Å²) in [7, 11) is 3.74. The van der Waals surface area contributed by atoms with E-state index in [0.717, 1.165) is 23.4 Å². The van der Waals surface area contributed by atoms with Gasteiger partial charge in [-0.15, -0.1) is 0 Å². The number of methoxy groups -OCH3 is 1. The summed E-state index contributed by atoms with van der Waals surface area (Å²) in [5, 5.41) is 0. The first-order chi connectivity index (χ1) is 10.7. The highest BCUT2D eigenvalue weighted by Gasteiger charge is 2.08. The molecular formula is C17H18N2O2S. The van der Waals surface area contributed by atoms with Crippen LogP contribution >= 0.6 is 12.2 Å². The number of para-hydroxylation sites is 2.